The molecule has 2 aromatic heterocycles. The first kappa shape index (κ1) is 21.4. The van der Waals surface area contributed by atoms with Gasteiger partial charge in [0.05, 0.1) is 17.7 Å². The van der Waals surface area contributed by atoms with Gasteiger partial charge in [0, 0.05) is 18.7 Å². The van der Waals surface area contributed by atoms with E-state index < -0.39 is 10.0 Å². The lowest BCUT2D eigenvalue weighted by atomic mass is 10.1. The van der Waals surface area contributed by atoms with Crippen molar-refractivity contribution in [3.63, 3.8) is 0 Å². The number of rotatable bonds is 5. The largest absolute Gasteiger partial charge is 0.457 e. The Morgan fingerprint density at radius 1 is 0.970 bits per heavy atom. The smallest absolute Gasteiger partial charge is 0.211 e. The number of piperidine rings is 1. The zero-order valence-electron chi connectivity index (χ0n) is 18.1. The molecule has 1 aliphatic heterocycles. The zero-order valence-corrected chi connectivity index (χ0v) is 18.9. The average Bonchev–Trinajstić information content (AvgIpc) is 3.21. The molecule has 4 aromatic rings. The molecule has 1 fully saturated rings. The number of hydrogen-bond acceptors (Lipinski definition) is 7. The van der Waals surface area contributed by atoms with Crippen molar-refractivity contribution in [1.82, 2.24) is 24.1 Å². The molecular weight excluding hydrogens is 440 g/mol. The summed E-state index contributed by atoms with van der Waals surface area (Å²) in [7, 11) is -3.20. The van der Waals surface area contributed by atoms with Crippen molar-refractivity contribution in [1.29, 1.82) is 0 Å². The zero-order chi connectivity index (χ0) is 23.0. The molecular formula is C23H24N6O3S. The minimum absolute atomic E-state index is 0.0224. The topological polar surface area (TPSA) is 116 Å². The third kappa shape index (κ3) is 4.27. The number of anilines is 1. The normalized spacial score (nSPS) is 15.7. The number of nitrogens with zero attached hydrogens (tertiary/aromatic N) is 5. The van der Waals surface area contributed by atoms with Crippen LogP contribution in [0.2, 0.25) is 0 Å². The number of ether oxygens (including phenoxy) is 1. The molecule has 9 nitrogen and oxygen atoms in total. The molecule has 0 amide bonds. The molecule has 0 saturated carbocycles. The summed E-state index contributed by atoms with van der Waals surface area (Å²) in [5.41, 5.74) is 8.45. The van der Waals surface area contributed by atoms with Crippen LogP contribution in [0.5, 0.6) is 11.5 Å². The second-order valence-electron chi connectivity index (χ2n) is 8.08. The van der Waals surface area contributed by atoms with E-state index in [0.29, 0.717) is 54.2 Å². The number of hydrogen-bond donors (Lipinski definition) is 1. The SMILES string of the molecule is CS(=O)(=O)N1CCC(n2nc(-c3ccc(Oc4ccccc4)cc3)c3c(N)ncnc32)CC1. The van der Waals surface area contributed by atoms with Crippen molar-refractivity contribution in [2.75, 3.05) is 25.1 Å². The van der Waals surface area contributed by atoms with Gasteiger partial charge in [-0.05, 0) is 49.2 Å². The number of fused-ring (bicyclic) bond motifs is 1. The number of nitrogen functional groups attached to an aromatic ring is 1. The molecule has 5 rings (SSSR count). The second-order valence-corrected chi connectivity index (χ2v) is 10.1. The summed E-state index contributed by atoms with van der Waals surface area (Å²) in [4.78, 5) is 8.63. The van der Waals surface area contributed by atoms with Crippen LogP contribution < -0.4 is 10.5 Å². The lowest BCUT2D eigenvalue weighted by Gasteiger charge is -2.30. The van der Waals surface area contributed by atoms with E-state index in [-0.39, 0.29) is 6.04 Å². The summed E-state index contributed by atoms with van der Waals surface area (Å²) < 4.78 is 33.0. The Kier molecular flexibility index (Phi) is 5.47. The van der Waals surface area contributed by atoms with Gasteiger partial charge in [-0.15, -0.1) is 0 Å². The molecule has 3 heterocycles. The van der Waals surface area contributed by atoms with E-state index >= 15 is 0 Å². The molecule has 0 bridgehead atoms. The highest BCUT2D eigenvalue weighted by molar-refractivity contribution is 7.88. The summed E-state index contributed by atoms with van der Waals surface area (Å²) in [6.45, 7) is 0.901. The van der Waals surface area contributed by atoms with Crippen LogP contribution in [0.3, 0.4) is 0 Å². The lowest BCUT2D eigenvalue weighted by Crippen LogP contribution is -2.38. The molecule has 1 saturated heterocycles. The van der Waals surface area contributed by atoms with Crippen molar-refractivity contribution in [3.05, 3.63) is 60.9 Å². The average molecular weight is 465 g/mol. The maximum atomic E-state index is 11.9. The first-order valence-corrected chi connectivity index (χ1v) is 12.5. The predicted molar refractivity (Wildman–Crippen MR) is 126 cm³/mol. The Hall–Kier alpha value is -3.50. The summed E-state index contributed by atoms with van der Waals surface area (Å²) in [6.07, 6.45) is 3.98. The molecule has 0 spiro atoms. The maximum Gasteiger partial charge on any atom is 0.211 e. The van der Waals surface area contributed by atoms with Crippen LogP contribution in [0.4, 0.5) is 5.82 Å². The number of aromatic nitrogens is 4. The van der Waals surface area contributed by atoms with E-state index in [0.717, 1.165) is 11.3 Å². The van der Waals surface area contributed by atoms with Gasteiger partial charge in [0.15, 0.2) is 5.65 Å². The van der Waals surface area contributed by atoms with Crippen molar-refractivity contribution < 1.29 is 13.2 Å². The Morgan fingerprint density at radius 3 is 2.30 bits per heavy atom. The van der Waals surface area contributed by atoms with Crippen LogP contribution in [-0.2, 0) is 10.0 Å². The van der Waals surface area contributed by atoms with Gasteiger partial charge in [0.25, 0.3) is 0 Å². The van der Waals surface area contributed by atoms with Gasteiger partial charge in [-0.1, -0.05) is 18.2 Å². The summed E-state index contributed by atoms with van der Waals surface area (Å²) >= 11 is 0. The van der Waals surface area contributed by atoms with E-state index in [1.54, 1.807) is 0 Å². The Labute approximate surface area is 191 Å². The molecule has 33 heavy (non-hydrogen) atoms. The molecule has 1 aliphatic rings. The first-order valence-electron chi connectivity index (χ1n) is 10.7. The van der Waals surface area contributed by atoms with Crippen LogP contribution in [0.25, 0.3) is 22.3 Å². The van der Waals surface area contributed by atoms with Crippen molar-refractivity contribution >= 4 is 26.9 Å². The second kappa shape index (κ2) is 8.45. The Balaban J connectivity index is 1.47. The highest BCUT2D eigenvalue weighted by atomic mass is 32.2. The minimum atomic E-state index is -3.20. The molecule has 0 atom stereocenters. The summed E-state index contributed by atoms with van der Waals surface area (Å²) in [6, 6.07) is 17.2. The number of para-hydroxylation sites is 1. The van der Waals surface area contributed by atoms with Gasteiger partial charge in [-0.3, -0.25) is 0 Å². The third-order valence-electron chi connectivity index (χ3n) is 5.86. The third-order valence-corrected chi connectivity index (χ3v) is 7.17. The molecule has 0 radical (unpaired) electrons. The van der Waals surface area contributed by atoms with Gasteiger partial charge < -0.3 is 10.5 Å². The summed E-state index contributed by atoms with van der Waals surface area (Å²) in [5.74, 6) is 1.84. The lowest BCUT2D eigenvalue weighted by molar-refractivity contribution is 0.266. The van der Waals surface area contributed by atoms with Crippen molar-refractivity contribution in [2.45, 2.75) is 18.9 Å². The minimum Gasteiger partial charge on any atom is -0.457 e. The summed E-state index contributed by atoms with van der Waals surface area (Å²) in [5, 5.41) is 5.56. The van der Waals surface area contributed by atoms with Crippen LogP contribution >= 0.6 is 0 Å². The number of nitrogens with two attached hydrogens (primary N) is 1. The fraction of sp³-hybridized carbons (Fsp3) is 0.261. The number of sulfonamides is 1. The van der Waals surface area contributed by atoms with Gasteiger partial charge >= 0.3 is 0 Å². The van der Waals surface area contributed by atoms with Crippen LogP contribution in [-0.4, -0.2) is 51.8 Å². The molecule has 2 N–H and O–H groups in total. The predicted octanol–water partition coefficient (Wildman–Crippen LogP) is 3.46. The molecule has 170 valence electrons. The van der Waals surface area contributed by atoms with Gasteiger partial charge in [0.2, 0.25) is 10.0 Å². The van der Waals surface area contributed by atoms with Crippen LogP contribution in [0, 0.1) is 0 Å². The van der Waals surface area contributed by atoms with Crippen LogP contribution in [0.1, 0.15) is 18.9 Å². The molecule has 10 heteroatoms. The van der Waals surface area contributed by atoms with E-state index in [4.69, 9.17) is 15.6 Å². The molecule has 0 unspecified atom stereocenters. The standard InChI is InChI=1S/C23H24N6O3S/c1-33(30,31)28-13-11-17(12-14-28)29-23-20(22(24)25-15-26-23)21(27-29)16-7-9-19(10-8-16)32-18-5-3-2-4-6-18/h2-10,15,17H,11-14H2,1H3,(H2,24,25,26). The van der Waals surface area contributed by atoms with E-state index in [9.17, 15) is 8.42 Å². The van der Waals surface area contributed by atoms with E-state index in [1.165, 1.54) is 16.9 Å². The van der Waals surface area contributed by atoms with Gasteiger partial charge in [0.1, 0.15) is 29.3 Å². The fourth-order valence-electron chi connectivity index (χ4n) is 4.18. The van der Waals surface area contributed by atoms with Gasteiger partial charge in [-0.25, -0.2) is 27.4 Å². The van der Waals surface area contributed by atoms with Gasteiger partial charge in [-0.2, -0.15) is 5.10 Å². The van der Waals surface area contributed by atoms with E-state index in [1.807, 2.05) is 59.3 Å². The Bertz CT molecular complexity index is 1380. The van der Waals surface area contributed by atoms with Crippen molar-refractivity contribution in [2.24, 2.45) is 0 Å². The fourth-order valence-corrected chi connectivity index (χ4v) is 5.05. The van der Waals surface area contributed by atoms with Crippen molar-refractivity contribution in [3.8, 4) is 22.8 Å². The monoisotopic (exact) mass is 464 g/mol. The quantitative estimate of drug-likeness (QED) is 0.481. The maximum absolute atomic E-state index is 11.9. The van der Waals surface area contributed by atoms with Crippen LogP contribution in [0.15, 0.2) is 60.9 Å². The highest BCUT2D eigenvalue weighted by Gasteiger charge is 2.29. The Morgan fingerprint density at radius 2 is 1.64 bits per heavy atom. The highest BCUT2D eigenvalue weighted by Crippen LogP contribution is 2.35. The molecule has 0 aliphatic carbocycles. The number of benzene rings is 2. The first-order chi connectivity index (χ1) is 15.9. The molecule has 2 aromatic carbocycles. The van der Waals surface area contributed by atoms with E-state index in [2.05, 4.69) is 9.97 Å².